The normalized spacial score (nSPS) is 20.8. The summed E-state index contributed by atoms with van der Waals surface area (Å²) in [7, 11) is 3.24. The molecule has 5 heteroatoms. The lowest BCUT2D eigenvalue weighted by atomic mass is 9.93. The Labute approximate surface area is 116 Å². The molecule has 2 rings (SSSR count). The molecule has 1 heterocycles. The van der Waals surface area contributed by atoms with Crippen molar-refractivity contribution in [3.8, 4) is 11.5 Å². The van der Waals surface area contributed by atoms with E-state index in [0.717, 1.165) is 29.7 Å². The maximum Gasteiger partial charge on any atom is 0.161 e. The van der Waals surface area contributed by atoms with Crippen LogP contribution in [0.15, 0.2) is 16.6 Å². The predicted molar refractivity (Wildman–Crippen MR) is 73.1 cm³/mol. The Morgan fingerprint density at radius 2 is 2.00 bits per heavy atom. The first kappa shape index (κ1) is 13.6. The molecule has 2 unspecified atom stereocenters. The number of benzene rings is 1. The second-order valence-corrected chi connectivity index (χ2v) is 5.23. The molecular formula is C13H18BrNO3. The first-order valence-electron chi connectivity index (χ1n) is 5.92. The van der Waals surface area contributed by atoms with Crippen LogP contribution in [0.1, 0.15) is 18.0 Å². The van der Waals surface area contributed by atoms with Crippen LogP contribution in [0.3, 0.4) is 0 Å². The van der Waals surface area contributed by atoms with Gasteiger partial charge in [-0.1, -0.05) is 15.9 Å². The number of ether oxygens (including phenoxy) is 3. The Kier molecular flexibility index (Phi) is 4.48. The Morgan fingerprint density at radius 1 is 1.33 bits per heavy atom. The maximum absolute atomic E-state index is 6.31. The van der Waals surface area contributed by atoms with Crippen molar-refractivity contribution in [2.24, 2.45) is 11.7 Å². The van der Waals surface area contributed by atoms with Crippen LogP contribution >= 0.6 is 15.9 Å². The van der Waals surface area contributed by atoms with Gasteiger partial charge in [0.05, 0.1) is 20.8 Å². The number of hydrogen-bond donors (Lipinski definition) is 1. The predicted octanol–water partition coefficient (Wildman–Crippen LogP) is 2.50. The zero-order chi connectivity index (χ0) is 13.1. The highest BCUT2D eigenvalue weighted by Gasteiger charge is 2.26. The molecule has 1 saturated heterocycles. The van der Waals surface area contributed by atoms with Crippen molar-refractivity contribution in [3.63, 3.8) is 0 Å². The van der Waals surface area contributed by atoms with E-state index in [1.165, 1.54) is 0 Å². The highest BCUT2D eigenvalue weighted by molar-refractivity contribution is 9.10. The van der Waals surface area contributed by atoms with Gasteiger partial charge in [-0.2, -0.15) is 0 Å². The zero-order valence-electron chi connectivity index (χ0n) is 10.6. The quantitative estimate of drug-likeness (QED) is 0.927. The fourth-order valence-corrected chi connectivity index (χ4v) is 2.80. The Morgan fingerprint density at radius 3 is 2.56 bits per heavy atom. The summed E-state index contributed by atoms with van der Waals surface area (Å²) in [6.45, 7) is 1.52. The Bertz CT molecular complexity index is 419. The van der Waals surface area contributed by atoms with E-state index >= 15 is 0 Å². The van der Waals surface area contributed by atoms with Gasteiger partial charge < -0.3 is 19.9 Å². The topological polar surface area (TPSA) is 53.7 Å². The van der Waals surface area contributed by atoms with Crippen LogP contribution in [0.4, 0.5) is 0 Å². The average Bonchev–Trinajstić information content (AvgIpc) is 2.91. The zero-order valence-corrected chi connectivity index (χ0v) is 12.2. The minimum Gasteiger partial charge on any atom is -0.493 e. The van der Waals surface area contributed by atoms with Crippen molar-refractivity contribution >= 4 is 15.9 Å². The summed E-state index contributed by atoms with van der Waals surface area (Å²) in [5, 5.41) is 0. The van der Waals surface area contributed by atoms with Crippen molar-refractivity contribution in [2.75, 3.05) is 27.4 Å². The van der Waals surface area contributed by atoms with E-state index in [9.17, 15) is 0 Å². The second kappa shape index (κ2) is 5.91. The highest BCUT2D eigenvalue weighted by Crippen LogP contribution is 2.38. The minimum absolute atomic E-state index is 0.0540. The Balaban J connectivity index is 2.31. The van der Waals surface area contributed by atoms with E-state index in [1.807, 2.05) is 12.1 Å². The van der Waals surface area contributed by atoms with Gasteiger partial charge in [0.2, 0.25) is 0 Å². The van der Waals surface area contributed by atoms with Crippen molar-refractivity contribution in [1.29, 1.82) is 0 Å². The van der Waals surface area contributed by atoms with E-state index < -0.39 is 0 Å². The largest absolute Gasteiger partial charge is 0.493 e. The molecule has 18 heavy (non-hydrogen) atoms. The van der Waals surface area contributed by atoms with Gasteiger partial charge >= 0.3 is 0 Å². The lowest BCUT2D eigenvalue weighted by molar-refractivity contribution is 0.181. The molecule has 2 N–H and O–H groups in total. The average molecular weight is 316 g/mol. The van der Waals surface area contributed by atoms with Gasteiger partial charge in [0.15, 0.2) is 11.5 Å². The third-order valence-corrected chi connectivity index (χ3v) is 4.02. The van der Waals surface area contributed by atoms with Gasteiger partial charge in [-0.3, -0.25) is 0 Å². The molecule has 1 aliphatic rings. The van der Waals surface area contributed by atoms with Crippen LogP contribution in [-0.4, -0.2) is 27.4 Å². The SMILES string of the molecule is COc1cc(Br)c(C(N)C2CCOC2)cc1OC. The van der Waals surface area contributed by atoms with Crippen LogP contribution in [-0.2, 0) is 4.74 Å². The molecule has 1 aromatic rings. The summed E-state index contributed by atoms with van der Waals surface area (Å²) < 4.78 is 16.9. The summed E-state index contributed by atoms with van der Waals surface area (Å²) in [6, 6.07) is 3.78. The summed E-state index contributed by atoms with van der Waals surface area (Å²) in [5.74, 6) is 1.76. The van der Waals surface area contributed by atoms with Crippen molar-refractivity contribution in [1.82, 2.24) is 0 Å². The van der Waals surface area contributed by atoms with Gasteiger partial charge in [-0.05, 0) is 24.1 Å². The highest BCUT2D eigenvalue weighted by atomic mass is 79.9. The van der Waals surface area contributed by atoms with E-state index in [0.29, 0.717) is 17.4 Å². The molecule has 0 spiro atoms. The lowest BCUT2D eigenvalue weighted by Gasteiger charge is -2.21. The summed E-state index contributed by atoms with van der Waals surface area (Å²) in [6.07, 6.45) is 1.00. The molecule has 2 atom stereocenters. The van der Waals surface area contributed by atoms with E-state index in [-0.39, 0.29) is 6.04 Å². The number of halogens is 1. The molecule has 0 saturated carbocycles. The first-order valence-corrected chi connectivity index (χ1v) is 6.71. The molecule has 0 amide bonds. The standard InChI is InChI=1S/C13H18BrNO3/c1-16-11-5-9(10(14)6-12(11)17-2)13(15)8-3-4-18-7-8/h5-6,8,13H,3-4,7,15H2,1-2H3. The number of hydrogen-bond acceptors (Lipinski definition) is 4. The third kappa shape index (κ3) is 2.63. The summed E-state index contributed by atoms with van der Waals surface area (Å²) in [4.78, 5) is 0. The summed E-state index contributed by atoms with van der Waals surface area (Å²) in [5.41, 5.74) is 7.34. The second-order valence-electron chi connectivity index (χ2n) is 4.38. The monoisotopic (exact) mass is 315 g/mol. The third-order valence-electron chi connectivity index (χ3n) is 3.33. The smallest absolute Gasteiger partial charge is 0.161 e. The van der Waals surface area contributed by atoms with Gasteiger partial charge in [-0.25, -0.2) is 0 Å². The van der Waals surface area contributed by atoms with Gasteiger partial charge in [-0.15, -0.1) is 0 Å². The van der Waals surface area contributed by atoms with E-state index in [2.05, 4.69) is 15.9 Å². The number of nitrogens with two attached hydrogens (primary N) is 1. The Hall–Kier alpha value is -0.780. The lowest BCUT2D eigenvalue weighted by Crippen LogP contribution is -2.22. The van der Waals surface area contributed by atoms with E-state index in [4.69, 9.17) is 19.9 Å². The van der Waals surface area contributed by atoms with Crippen LogP contribution < -0.4 is 15.2 Å². The first-order chi connectivity index (χ1) is 8.67. The van der Waals surface area contributed by atoms with Crippen molar-refractivity contribution in [3.05, 3.63) is 22.2 Å². The fourth-order valence-electron chi connectivity index (χ4n) is 2.22. The van der Waals surface area contributed by atoms with E-state index in [1.54, 1.807) is 14.2 Å². The van der Waals surface area contributed by atoms with Crippen LogP contribution in [0.2, 0.25) is 0 Å². The molecular weight excluding hydrogens is 298 g/mol. The van der Waals surface area contributed by atoms with Crippen molar-refractivity contribution < 1.29 is 14.2 Å². The maximum atomic E-state index is 6.31. The van der Waals surface area contributed by atoms with Crippen LogP contribution in [0, 0.1) is 5.92 Å². The molecule has 0 radical (unpaired) electrons. The summed E-state index contributed by atoms with van der Waals surface area (Å²) >= 11 is 3.54. The van der Waals surface area contributed by atoms with Crippen LogP contribution in [0.5, 0.6) is 11.5 Å². The number of rotatable bonds is 4. The molecule has 100 valence electrons. The van der Waals surface area contributed by atoms with Gasteiger partial charge in [0.25, 0.3) is 0 Å². The molecule has 0 aliphatic carbocycles. The van der Waals surface area contributed by atoms with Gasteiger partial charge in [0.1, 0.15) is 0 Å². The number of methoxy groups -OCH3 is 2. The molecule has 1 fully saturated rings. The fraction of sp³-hybridized carbons (Fsp3) is 0.538. The van der Waals surface area contributed by atoms with Crippen LogP contribution in [0.25, 0.3) is 0 Å². The molecule has 1 aromatic carbocycles. The van der Waals surface area contributed by atoms with Crippen molar-refractivity contribution in [2.45, 2.75) is 12.5 Å². The minimum atomic E-state index is -0.0540. The molecule has 4 nitrogen and oxygen atoms in total. The molecule has 0 aromatic heterocycles. The molecule has 1 aliphatic heterocycles. The van der Waals surface area contributed by atoms with Gasteiger partial charge in [0, 0.05) is 23.0 Å². The molecule has 0 bridgehead atoms.